The molecule has 7 nitrogen and oxygen atoms in total. The zero-order valence-electron chi connectivity index (χ0n) is 17.9. The highest BCUT2D eigenvalue weighted by Gasteiger charge is 2.22. The molecule has 0 saturated heterocycles. The molecule has 164 valence electrons. The Morgan fingerprint density at radius 1 is 1.10 bits per heavy atom. The standard InChI is InChI=1S/C24H27NO6/c1-4-8-21(26)19(24(29)31-5-2)15-25-20-10-7-6-9-18(20)23(28)22(27)16-11-13-17(30-3)14-12-16/h6-7,9-15,23,26,28H,4-5,8H2,1-3H3. The lowest BCUT2D eigenvalue weighted by Crippen LogP contribution is -2.13. The lowest BCUT2D eigenvalue weighted by atomic mass is 9.98. The molecule has 0 fully saturated rings. The number of carbonyl (C=O) groups is 2. The smallest absolute Gasteiger partial charge is 0.343 e. The van der Waals surface area contributed by atoms with Crippen molar-refractivity contribution < 1.29 is 29.3 Å². The van der Waals surface area contributed by atoms with Crippen LogP contribution in [0.15, 0.2) is 64.9 Å². The summed E-state index contributed by atoms with van der Waals surface area (Å²) >= 11 is 0. The number of methoxy groups -OCH3 is 1. The van der Waals surface area contributed by atoms with Gasteiger partial charge in [-0.1, -0.05) is 25.1 Å². The van der Waals surface area contributed by atoms with Gasteiger partial charge < -0.3 is 19.7 Å². The second kappa shape index (κ2) is 11.7. The molecule has 0 amide bonds. The van der Waals surface area contributed by atoms with Crippen molar-refractivity contribution in [1.29, 1.82) is 0 Å². The summed E-state index contributed by atoms with van der Waals surface area (Å²) in [5, 5.41) is 20.9. The first kappa shape index (κ1) is 23.8. The van der Waals surface area contributed by atoms with E-state index in [1.54, 1.807) is 55.5 Å². The van der Waals surface area contributed by atoms with Gasteiger partial charge in [-0.15, -0.1) is 0 Å². The molecule has 0 aliphatic heterocycles. The third kappa shape index (κ3) is 6.26. The van der Waals surface area contributed by atoms with Crippen molar-refractivity contribution in [2.24, 2.45) is 4.99 Å². The minimum atomic E-state index is -1.46. The quantitative estimate of drug-likeness (QED) is 0.191. The number of allylic oxidation sites excluding steroid dienone is 1. The number of Topliss-reactive ketones (excluding diaryl/α,β-unsaturated/α-hetero) is 1. The van der Waals surface area contributed by atoms with Crippen LogP contribution in [-0.2, 0) is 9.53 Å². The minimum Gasteiger partial charge on any atom is -0.511 e. The van der Waals surface area contributed by atoms with Crippen LogP contribution in [0.2, 0.25) is 0 Å². The number of para-hydroxylation sites is 1. The van der Waals surface area contributed by atoms with Crippen LogP contribution < -0.4 is 4.74 Å². The molecule has 0 radical (unpaired) electrons. The van der Waals surface area contributed by atoms with Crippen molar-refractivity contribution in [2.75, 3.05) is 13.7 Å². The fraction of sp³-hybridized carbons (Fsp3) is 0.292. The summed E-state index contributed by atoms with van der Waals surface area (Å²) in [6.07, 6.45) is 0.669. The van der Waals surface area contributed by atoms with Crippen molar-refractivity contribution in [2.45, 2.75) is 32.8 Å². The lowest BCUT2D eigenvalue weighted by Gasteiger charge is -2.13. The maximum Gasteiger partial charge on any atom is 0.343 e. The molecule has 2 rings (SSSR count). The average Bonchev–Trinajstić information content (AvgIpc) is 2.79. The maximum absolute atomic E-state index is 12.8. The number of hydrogen-bond donors (Lipinski definition) is 2. The van der Waals surface area contributed by atoms with E-state index < -0.39 is 17.9 Å². The number of aliphatic hydroxyl groups excluding tert-OH is 2. The van der Waals surface area contributed by atoms with Crippen LogP contribution in [0.5, 0.6) is 5.75 Å². The van der Waals surface area contributed by atoms with Gasteiger partial charge >= 0.3 is 5.97 Å². The predicted molar refractivity (Wildman–Crippen MR) is 118 cm³/mol. The number of ketones is 1. The number of nitrogens with zero attached hydrogens (tertiary/aromatic N) is 1. The van der Waals surface area contributed by atoms with Crippen molar-refractivity contribution in [3.05, 3.63) is 71.0 Å². The van der Waals surface area contributed by atoms with Gasteiger partial charge in [0.15, 0.2) is 5.78 Å². The molecule has 0 aliphatic rings. The Bertz CT molecular complexity index is 962. The van der Waals surface area contributed by atoms with E-state index in [1.165, 1.54) is 13.3 Å². The van der Waals surface area contributed by atoms with Crippen molar-refractivity contribution in [1.82, 2.24) is 0 Å². The molecule has 1 unspecified atom stereocenters. The van der Waals surface area contributed by atoms with Gasteiger partial charge in [-0.3, -0.25) is 9.79 Å². The summed E-state index contributed by atoms with van der Waals surface area (Å²) in [7, 11) is 1.53. The number of benzene rings is 2. The summed E-state index contributed by atoms with van der Waals surface area (Å²) in [4.78, 5) is 29.2. The van der Waals surface area contributed by atoms with E-state index in [0.29, 0.717) is 29.8 Å². The molecule has 0 spiro atoms. The third-order valence-electron chi connectivity index (χ3n) is 4.48. The molecule has 0 aliphatic carbocycles. The molecule has 2 aromatic rings. The van der Waals surface area contributed by atoms with Gasteiger partial charge in [0.25, 0.3) is 0 Å². The molecule has 0 bridgehead atoms. The number of aliphatic hydroxyl groups is 2. The van der Waals surface area contributed by atoms with Crippen LogP contribution in [0.4, 0.5) is 5.69 Å². The van der Waals surface area contributed by atoms with Crippen molar-refractivity contribution in [3.8, 4) is 5.75 Å². The Morgan fingerprint density at radius 3 is 2.39 bits per heavy atom. The van der Waals surface area contributed by atoms with E-state index in [4.69, 9.17) is 9.47 Å². The Morgan fingerprint density at radius 2 is 1.77 bits per heavy atom. The fourth-order valence-corrected chi connectivity index (χ4v) is 2.85. The summed E-state index contributed by atoms with van der Waals surface area (Å²) in [6, 6.07) is 13.0. The van der Waals surface area contributed by atoms with Gasteiger partial charge in [-0.25, -0.2) is 4.79 Å². The molecule has 0 saturated carbocycles. The Balaban J connectivity index is 2.35. The van der Waals surface area contributed by atoms with Gasteiger partial charge in [-0.2, -0.15) is 0 Å². The Hall–Kier alpha value is -3.45. The van der Waals surface area contributed by atoms with E-state index in [1.807, 2.05) is 6.92 Å². The summed E-state index contributed by atoms with van der Waals surface area (Å²) in [5.41, 5.74) is 0.829. The summed E-state index contributed by atoms with van der Waals surface area (Å²) < 4.78 is 10.1. The van der Waals surface area contributed by atoms with Gasteiger partial charge in [0.1, 0.15) is 23.2 Å². The Labute approximate surface area is 181 Å². The summed E-state index contributed by atoms with van der Waals surface area (Å²) in [6.45, 7) is 3.69. The van der Waals surface area contributed by atoms with Gasteiger partial charge in [0.2, 0.25) is 0 Å². The molecule has 31 heavy (non-hydrogen) atoms. The molecule has 0 aromatic heterocycles. The zero-order valence-corrected chi connectivity index (χ0v) is 17.9. The first-order valence-corrected chi connectivity index (χ1v) is 10.0. The van der Waals surface area contributed by atoms with Gasteiger partial charge in [-0.05, 0) is 43.7 Å². The molecular weight excluding hydrogens is 398 g/mol. The van der Waals surface area contributed by atoms with Crippen molar-refractivity contribution in [3.63, 3.8) is 0 Å². The highest BCUT2D eigenvalue weighted by molar-refractivity contribution is 6.10. The maximum atomic E-state index is 12.8. The van der Waals surface area contributed by atoms with Gasteiger partial charge in [0, 0.05) is 23.8 Å². The van der Waals surface area contributed by atoms with E-state index >= 15 is 0 Å². The van der Waals surface area contributed by atoms with Gasteiger partial charge in [0.05, 0.1) is 19.4 Å². The highest BCUT2D eigenvalue weighted by atomic mass is 16.5. The van der Waals surface area contributed by atoms with E-state index in [-0.39, 0.29) is 23.5 Å². The fourth-order valence-electron chi connectivity index (χ4n) is 2.85. The molecule has 7 heteroatoms. The number of rotatable bonds is 10. The van der Waals surface area contributed by atoms with Crippen molar-refractivity contribution >= 4 is 23.7 Å². The predicted octanol–water partition coefficient (Wildman–Crippen LogP) is 4.49. The van der Waals surface area contributed by atoms with E-state index in [9.17, 15) is 19.8 Å². The first-order valence-electron chi connectivity index (χ1n) is 10.0. The Kier molecular flexibility index (Phi) is 8.96. The van der Waals surface area contributed by atoms with Crippen LogP contribution >= 0.6 is 0 Å². The monoisotopic (exact) mass is 425 g/mol. The zero-order chi connectivity index (χ0) is 22.8. The third-order valence-corrected chi connectivity index (χ3v) is 4.48. The number of ether oxygens (including phenoxy) is 2. The average molecular weight is 425 g/mol. The molecular formula is C24H27NO6. The number of esters is 1. The normalized spacial score (nSPS) is 12.9. The second-order valence-corrected chi connectivity index (χ2v) is 6.64. The van der Waals surface area contributed by atoms with Crippen LogP contribution in [0, 0.1) is 0 Å². The van der Waals surface area contributed by atoms with Crippen LogP contribution in [0.1, 0.15) is 48.7 Å². The van der Waals surface area contributed by atoms with Crippen LogP contribution in [-0.4, -0.2) is 41.9 Å². The van der Waals surface area contributed by atoms with Crippen LogP contribution in [0.25, 0.3) is 0 Å². The molecule has 2 aromatic carbocycles. The lowest BCUT2D eigenvalue weighted by molar-refractivity contribution is -0.138. The second-order valence-electron chi connectivity index (χ2n) is 6.64. The van der Waals surface area contributed by atoms with E-state index in [0.717, 1.165) is 0 Å². The minimum absolute atomic E-state index is 0.0607. The largest absolute Gasteiger partial charge is 0.511 e. The topological polar surface area (TPSA) is 105 Å². The SMILES string of the molecule is CCCC(O)=C(C=Nc1ccccc1C(O)C(=O)c1ccc(OC)cc1)C(=O)OCC. The number of aliphatic imine (C=N–C) groups is 1. The number of hydrogen-bond acceptors (Lipinski definition) is 7. The molecule has 0 heterocycles. The number of carbonyl (C=O) groups excluding carboxylic acids is 2. The molecule has 2 N–H and O–H groups in total. The summed E-state index contributed by atoms with van der Waals surface area (Å²) in [5.74, 6) is -0.719. The molecule has 1 atom stereocenters. The highest BCUT2D eigenvalue weighted by Crippen LogP contribution is 2.28. The first-order chi connectivity index (χ1) is 14.9. The van der Waals surface area contributed by atoms with E-state index in [2.05, 4.69) is 4.99 Å². The van der Waals surface area contributed by atoms with Crippen LogP contribution in [0.3, 0.4) is 0 Å².